The van der Waals surface area contributed by atoms with Crippen molar-refractivity contribution in [2.45, 2.75) is 13.5 Å². The van der Waals surface area contributed by atoms with E-state index in [0.717, 1.165) is 11.3 Å². The molecule has 0 aliphatic rings. The highest BCUT2D eigenvalue weighted by Gasteiger charge is 2.09. The molecule has 7 nitrogen and oxygen atoms in total. The number of aryl methyl sites for hydroxylation is 1. The van der Waals surface area contributed by atoms with Gasteiger partial charge in [0.2, 0.25) is 11.8 Å². The number of aliphatic carboxylic acids is 1. The van der Waals surface area contributed by atoms with Crippen LogP contribution in [0.3, 0.4) is 0 Å². The van der Waals surface area contributed by atoms with Crippen LogP contribution in [0.15, 0.2) is 22.7 Å². The molecule has 0 bridgehead atoms. The highest BCUT2D eigenvalue weighted by molar-refractivity contribution is 5.67. The first-order valence-corrected chi connectivity index (χ1v) is 5.20. The lowest BCUT2D eigenvalue weighted by Crippen LogP contribution is -2.06. The van der Waals surface area contributed by atoms with Gasteiger partial charge in [0, 0.05) is 17.5 Å². The number of carboxylic acid groups (broad SMARTS) is 1. The molecule has 0 aliphatic heterocycles. The van der Waals surface area contributed by atoms with E-state index in [9.17, 15) is 4.79 Å². The Hall–Kier alpha value is -2.28. The van der Waals surface area contributed by atoms with E-state index in [0.29, 0.717) is 5.89 Å². The van der Waals surface area contributed by atoms with Crippen LogP contribution in [-0.4, -0.2) is 32.9 Å². The van der Waals surface area contributed by atoms with Crippen molar-refractivity contribution >= 4 is 5.97 Å². The zero-order valence-electron chi connectivity index (χ0n) is 9.66. The molecule has 7 heteroatoms. The van der Waals surface area contributed by atoms with Gasteiger partial charge in [0.05, 0.1) is 0 Å². The maximum Gasteiger partial charge on any atom is 0.329 e. The third-order valence-electron chi connectivity index (χ3n) is 2.06. The first-order chi connectivity index (χ1) is 8.65. The van der Waals surface area contributed by atoms with Gasteiger partial charge in [-0.15, -0.1) is 10.2 Å². The van der Waals surface area contributed by atoms with E-state index in [4.69, 9.17) is 14.3 Å². The molecule has 2 aromatic rings. The largest absolute Gasteiger partial charge is 0.480 e. The average molecular weight is 249 g/mol. The van der Waals surface area contributed by atoms with Crippen molar-refractivity contribution < 1.29 is 19.1 Å². The van der Waals surface area contributed by atoms with Crippen LogP contribution >= 0.6 is 0 Å². The van der Waals surface area contributed by atoms with Gasteiger partial charge in [0.25, 0.3) is 0 Å². The molecule has 0 unspecified atom stereocenters. The number of hydrogen-bond acceptors (Lipinski definition) is 6. The van der Waals surface area contributed by atoms with E-state index in [2.05, 4.69) is 15.2 Å². The van der Waals surface area contributed by atoms with Crippen molar-refractivity contribution in [3.63, 3.8) is 0 Å². The van der Waals surface area contributed by atoms with Crippen LogP contribution in [0.2, 0.25) is 0 Å². The molecule has 0 aromatic carbocycles. The molecule has 2 heterocycles. The Morgan fingerprint density at radius 2 is 2.33 bits per heavy atom. The fraction of sp³-hybridized carbons (Fsp3) is 0.273. The Kier molecular flexibility index (Phi) is 3.63. The van der Waals surface area contributed by atoms with Crippen molar-refractivity contribution in [2.75, 3.05) is 6.61 Å². The van der Waals surface area contributed by atoms with Gasteiger partial charge in [-0.3, -0.25) is 4.98 Å². The third-order valence-corrected chi connectivity index (χ3v) is 2.06. The second-order valence-corrected chi connectivity index (χ2v) is 3.57. The Morgan fingerprint density at radius 1 is 1.50 bits per heavy atom. The molecule has 0 aliphatic carbocycles. The Bertz CT molecular complexity index is 553. The first-order valence-electron chi connectivity index (χ1n) is 5.20. The van der Waals surface area contributed by atoms with Gasteiger partial charge < -0.3 is 14.3 Å². The predicted octanol–water partition coefficient (Wildman–Crippen LogP) is 1.04. The number of aromatic nitrogens is 3. The predicted molar refractivity (Wildman–Crippen MR) is 59.6 cm³/mol. The van der Waals surface area contributed by atoms with Gasteiger partial charge in [-0.1, -0.05) is 0 Å². The standard InChI is InChI=1S/C11H11N3O4/c1-7-4-8(2-3-12-7)11-14-13-9(18-11)5-17-6-10(15)16/h2-4H,5-6H2,1H3,(H,15,16). The lowest BCUT2D eigenvalue weighted by atomic mass is 10.2. The van der Waals surface area contributed by atoms with Gasteiger partial charge in [-0.2, -0.15) is 0 Å². The molecule has 0 amide bonds. The van der Waals surface area contributed by atoms with Gasteiger partial charge in [-0.25, -0.2) is 4.79 Å². The Morgan fingerprint density at radius 3 is 3.06 bits per heavy atom. The average Bonchev–Trinajstić information content (AvgIpc) is 2.77. The number of nitrogens with zero attached hydrogens (tertiary/aromatic N) is 3. The van der Waals surface area contributed by atoms with Crippen LogP contribution in [-0.2, 0) is 16.1 Å². The summed E-state index contributed by atoms with van der Waals surface area (Å²) in [4.78, 5) is 14.3. The van der Waals surface area contributed by atoms with Crippen LogP contribution in [0.5, 0.6) is 0 Å². The van der Waals surface area contributed by atoms with Crippen molar-refractivity contribution in [1.29, 1.82) is 0 Å². The number of carboxylic acids is 1. The normalized spacial score (nSPS) is 10.5. The van der Waals surface area contributed by atoms with Crippen LogP contribution in [0, 0.1) is 6.92 Å². The Labute approximate surface area is 102 Å². The third kappa shape index (κ3) is 3.11. The first kappa shape index (κ1) is 12.2. The molecule has 1 N–H and O–H groups in total. The summed E-state index contributed by atoms with van der Waals surface area (Å²) in [7, 11) is 0. The molecule has 94 valence electrons. The van der Waals surface area contributed by atoms with Crippen LogP contribution in [0.1, 0.15) is 11.6 Å². The number of rotatable bonds is 5. The molecular weight excluding hydrogens is 238 g/mol. The van der Waals surface area contributed by atoms with Crippen LogP contribution in [0.25, 0.3) is 11.5 Å². The lowest BCUT2D eigenvalue weighted by molar-refractivity contribution is -0.142. The lowest BCUT2D eigenvalue weighted by Gasteiger charge is -1.96. The van der Waals surface area contributed by atoms with E-state index in [1.54, 1.807) is 12.3 Å². The smallest absolute Gasteiger partial charge is 0.329 e. The summed E-state index contributed by atoms with van der Waals surface area (Å²) in [5.41, 5.74) is 1.61. The van der Waals surface area contributed by atoms with Crippen molar-refractivity contribution in [3.8, 4) is 11.5 Å². The summed E-state index contributed by atoms with van der Waals surface area (Å²) in [6, 6.07) is 3.57. The highest BCUT2D eigenvalue weighted by Crippen LogP contribution is 2.17. The summed E-state index contributed by atoms with van der Waals surface area (Å²) in [6.07, 6.45) is 1.65. The van der Waals surface area contributed by atoms with Crippen molar-refractivity contribution in [3.05, 3.63) is 29.9 Å². The summed E-state index contributed by atoms with van der Waals surface area (Å²) in [5.74, 6) is -0.449. The molecule has 0 saturated carbocycles. The maximum absolute atomic E-state index is 10.3. The molecule has 0 fully saturated rings. The fourth-order valence-electron chi connectivity index (χ4n) is 1.33. The minimum absolute atomic E-state index is 0.0244. The number of ether oxygens (including phenoxy) is 1. The van der Waals surface area contributed by atoms with E-state index in [-0.39, 0.29) is 12.5 Å². The highest BCUT2D eigenvalue weighted by atomic mass is 16.5. The Balaban J connectivity index is 2.04. The molecule has 0 radical (unpaired) electrons. The SMILES string of the molecule is Cc1cc(-c2nnc(COCC(=O)O)o2)ccn1. The number of carbonyl (C=O) groups is 1. The molecular formula is C11H11N3O4. The summed E-state index contributed by atoms with van der Waals surface area (Å²) >= 11 is 0. The van der Waals surface area contributed by atoms with Crippen molar-refractivity contribution in [2.24, 2.45) is 0 Å². The molecule has 2 rings (SSSR count). The van der Waals surface area contributed by atoms with Gasteiger partial charge in [-0.05, 0) is 19.1 Å². The van der Waals surface area contributed by atoms with Gasteiger partial charge in [0.1, 0.15) is 13.2 Å². The van der Waals surface area contributed by atoms with Crippen LogP contribution in [0.4, 0.5) is 0 Å². The summed E-state index contributed by atoms with van der Waals surface area (Å²) < 4.78 is 10.2. The molecule has 0 atom stereocenters. The van der Waals surface area contributed by atoms with Crippen LogP contribution < -0.4 is 0 Å². The minimum atomic E-state index is -1.04. The van der Waals surface area contributed by atoms with E-state index >= 15 is 0 Å². The van der Waals surface area contributed by atoms with E-state index in [1.807, 2.05) is 13.0 Å². The molecule has 0 spiro atoms. The number of pyridine rings is 1. The number of hydrogen-bond donors (Lipinski definition) is 1. The topological polar surface area (TPSA) is 98.3 Å². The summed E-state index contributed by atoms with van der Waals surface area (Å²) in [6.45, 7) is 1.44. The molecule has 18 heavy (non-hydrogen) atoms. The second kappa shape index (κ2) is 5.37. The van der Waals surface area contributed by atoms with Crippen molar-refractivity contribution in [1.82, 2.24) is 15.2 Å². The molecule has 0 saturated heterocycles. The zero-order valence-corrected chi connectivity index (χ0v) is 9.66. The molecule has 2 aromatic heterocycles. The monoisotopic (exact) mass is 249 g/mol. The second-order valence-electron chi connectivity index (χ2n) is 3.57. The van der Waals surface area contributed by atoms with Gasteiger partial charge in [0.15, 0.2) is 0 Å². The summed E-state index contributed by atoms with van der Waals surface area (Å²) in [5, 5.41) is 16.0. The fourth-order valence-corrected chi connectivity index (χ4v) is 1.33. The van der Waals surface area contributed by atoms with E-state index in [1.165, 1.54) is 0 Å². The quantitative estimate of drug-likeness (QED) is 0.845. The minimum Gasteiger partial charge on any atom is -0.480 e. The van der Waals surface area contributed by atoms with E-state index < -0.39 is 12.6 Å². The van der Waals surface area contributed by atoms with Gasteiger partial charge >= 0.3 is 5.97 Å². The maximum atomic E-state index is 10.3. The zero-order chi connectivity index (χ0) is 13.0.